The van der Waals surface area contributed by atoms with Crippen LogP contribution in [0, 0.1) is 0 Å². The summed E-state index contributed by atoms with van der Waals surface area (Å²) in [5.41, 5.74) is 0.731. The summed E-state index contributed by atoms with van der Waals surface area (Å²) in [6.07, 6.45) is 0. The molecule has 7 nitrogen and oxygen atoms in total. The van der Waals surface area contributed by atoms with Crippen LogP contribution in [0.25, 0.3) is 11.4 Å². The monoisotopic (exact) mass is 309 g/mol. The zero-order valence-electron chi connectivity index (χ0n) is 11.9. The fourth-order valence-electron chi connectivity index (χ4n) is 1.79. The highest BCUT2D eigenvalue weighted by Gasteiger charge is 2.16. The van der Waals surface area contributed by atoms with E-state index in [9.17, 15) is 4.79 Å². The Kier molecular flexibility index (Phi) is 4.69. The molecule has 0 saturated carbocycles. The van der Waals surface area contributed by atoms with Crippen molar-refractivity contribution in [3.63, 3.8) is 0 Å². The van der Waals surface area contributed by atoms with Crippen LogP contribution >= 0.6 is 11.8 Å². The van der Waals surface area contributed by atoms with Gasteiger partial charge in [-0.3, -0.25) is 4.79 Å². The van der Waals surface area contributed by atoms with Crippen LogP contribution < -0.4 is 9.47 Å². The summed E-state index contributed by atoms with van der Waals surface area (Å²) in [5, 5.41) is 17.4. The third kappa shape index (κ3) is 3.27. The van der Waals surface area contributed by atoms with Crippen molar-refractivity contribution in [3.8, 4) is 22.9 Å². The second kappa shape index (κ2) is 6.49. The molecule has 0 radical (unpaired) electrons. The number of ether oxygens (including phenoxy) is 2. The minimum atomic E-state index is -0.900. The molecule has 1 N–H and O–H groups in total. The van der Waals surface area contributed by atoms with Gasteiger partial charge < -0.3 is 19.1 Å². The number of rotatable bonds is 6. The summed E-state index contributed by atoms with van der Waals surface area (Å²) in [6, 6.07) is 5.38. The molecule has 112 valence electrons. The predicted octanol–water partition coefficient (Wildman–Crippen LogP) is 1.68. The number of benzene rings is 1. The van der Waals surface area contributed by atoms with Crippen LogP contribution in [0.15, 0.2) is 23.4 Å². The van der Waals surface area contributed by atoms with Crippen molar-refractivity contribution in [1.82, 2.24) is 14.8 Å². The first-order valence-electron chi connectivity index (χ1n) is 6.03. The van der Waals surface area contributed by atoms with Gasteiger partial charge in [0.2, 0.25) is 0 Å². The van der Waals surface area contributed by atoms with E-state index >= 15 is 0 Å². The highest BCUT2D eigenvalue weighted by molar-refractivity contribution is 7.99. The smallest absolute Gasteiger partial charge is 0.313 e. The molecular weight excluding hydrogens is 294 g/mol. The van der Waals surface area contributed by atoms with Crippen LogP contribution in [-0.4, -0.2) is 45.8 Å². The fraction of sp³-hybridized carbons (Fsp3) is 0.308. The molecule has 0 atom stereocenters. The van der Waals surface area contributed by atoms with E-state index < -0.39 is 5.97 Å². The standard InChI is InChI=1S/C13H15N3O4S/c1-16-12(14-15-13(16)21-7-11(17)18)9-6-8(19-2)4-5-10(9)20-3/h4-6H,7H2,1-3H3,(H,17,18). The van der Waals surface area contributed by atoms with Gasteiger partial charge in [0, 0.05) is 7.05 Å². The average molecular weight is 309 g/mol. The average Bonchev–Trinajstić information content (AvgIpc) is 2.85. The molecule has 2 rings (SSSR count). The van der Waals surface area contributed by atoms with Crippen molar-refractivity contribution < 1.29 is 19.4 Å². The minimum absolute atomic E-state index is 0.0682. The first kappa shape index (κ1) is 15.2. The lowest BCUT2D eigenvalue weighted by Crippen LogP contribution is -2.01. The van der Waals surface area contributed by atoms with Crippen molar-refractivity contribution in [2.45, 2.75) is 5.16 Å². The fourth-order valence-corrected chi connectivity index (χ4v) is 2.42. The molecule has 1 aromatic carbocycles. The molecule has 8 heteroatoms. The topological polar surface area (TPSA) is 86.5 Å². The summed E-state index contributed by atoms with van der Waals surface area (Å²) in [4.78, 5) is 10.6. The molecule has 0 spiro atoms. The van der Waals surface area contributed by atoms with Gasteiger partial charge in [0.1, 0.15) is 11.5 Å². The second-order valence-electron chi connectivity index (χ2n) is 4.11. The number of hydrogen-bond acceptors (Lipinski definition) is 6. The van der Waals surface area contributed by atoms with Crippen molar-refractivity contribution in [3.05, 3.63) is 18.2 Å². The number of hydrogen-bond donors (Lipinski definition) is 1. The van der Waals surface area contributed by atoms with E-state index in [4.69, 9.17) is 14.6 Å². The first-order chi connectivity index (χ1) is 10.1. The van der Waals surface area contributed by atoms with E-state index in [1.807, 2.05) is 0 Å². The van der Waals surface area contributed by atoms with Gasteiger partial charge >= 0.3 is 5.97 Å². The van der Waals surface area contributed by atoms with Gasteiger partial charge in [0.05, 0.1) is 25.5 Å². The number of aromatic nitrogens is 3. The molecule has 0 bridgehead atoms. The van der Waals surface area contributed by atoms with Crippen molar-refractivity contribution >= 4 is 17.7 Å². The van der Waals surface area contributed by atoms with E-state index in [0.717, 1.165) is 17.3 Å². The Bertz CT molecular complexity index is 657. The maximum Gasteiger partial charge on any atom is 0.313 e. The molecule has 1 heterocycles. The van der Waals surface area contributed by atoms with E-state index in [1.54, 1.807) is 44.0 Å². The van der Waals surface area contributed by atoms with Crippen molar-refractivity contribution in [2.75, 3.05) is 20.0 Å². The molecule has 21 heavy (non-hydrogen) atoms. The molecule has 0 aliphatic rings. The van der Waals surface area contributed by atoms with E-state index in [2.05, 4.69) is 10.2 Å². The number of nitrogens with zero attached hydrogens (tertiary/aromatic N) is 3. The summed E-state index contributed by atoms with van der Waals surface area (Å²) < 4.78 is 12.3. The normalized spacial score (nSPS) is 10.4. The van der Waals surface area contributed by atoms with Crippen molar-refractivity contribution in [1.29, 1.82) is 0 Å². The SMILES string of the molecule is COc1ccc(OC)c(-c2nnc(SCC(=O)O)n2C)c1. The number of carboxylic acid groups (broad SMARTS) is 1. The molecule has 0 amide bonds. The van der Waals surface area contributed by atoms with Crippen LogP contribution in [0.4, 0.5) is 0 Å². The van der Waals surface area contributed by atoms with Gasteiger partial charge in [0.25, 0.3) is 0 Å². The lowest BCUT2D eigenvalue weighted by molar-refractivity contribution is -0.133. The summed E-state index contributed by atoms with van der Waals surface area (Å²) >= 11 is 1.11. The van der Waals surface area contributed by atoms with E-state index in [0.29, 0.717) is 22.5 Å². The Hall–Kier alpha value is -2.22. The lowest BCUT2D eigenvalue weighted by atomic mass is 10.1. The molecule has 0 aliphatic carbocycles. The highest BCUT2D eigenvalue weighted by Crippen LogP contribution is 2.33. The van der Waals surface area contributed by atoms with Crippen LogP contribution in [0.3, 0.4) is 0 Å². The van der Waals surface area contributed by atoms with Crippen molar-refractivity contribution in [2.24, 2.45) is 7.05 Å². The Morgan fingerprint density at radius 1 is 1.33 bits per heavy atom. The van der Waals surface area contributed by atoms with Crippen LogP contribution in [-0.2, 0) is 11.8 Å². The molecule has 1 aromatic heterocycles. The number of carbonyl (C=O) groups is 1. The predicted molar refractivity (Wildman–Crippen MR) is 77.9 cm³/mol. The van der Waals surface area contributed by atoms with E-state index in [1.165, 1.54) is 0 Å². The first-order valence-corrected chi connectivity index (χ1v) is 7.01. The van der Waals surface area contributed by atoms with Gasteiger partial charge in [-0.05, 0) is 18.2 Å². The van der Waals surface area contributed by atoms with Gasteiger partial charge in [-0.2, -0.15) is 0 Å². The van der Waals surface area contributed by atoms with Crippen LogP contribution in [0.5, 0.6) is 11.5 Å². The molecular formula is C13H15N3O4S. The van der Waals surface area contributed by atoms with Gasteiger partial charge in [-0.25, -0.2) is 0 Å². The molecule has 0 unspecified atom stereocenters. The Morgan fingerprint density at radius 3 is 2.71 bits per heavy atom. The summed E-state index contributed by atoms with van der Waals surface area (Å²) in [6.45, 7) is 0. The molecule has 0 saturated heterocycles. The summed E-state index contributed by atoms with van der Waals surface area (Å²) in [7, 11) is 4.93. The third-order valence-corrected chi connectivity index (χ3v) is 3.81. The lowest BCUT2D eigenvalue weighted by Gasteiger charge is -2.10. The van der Waals surface area contributed by atoms with Crippen LogP contribution in [0.1, 0.15) is 0 Å². The Labute approximate surface area is 125 Å². The Balaban J connectivity index is 2.40. The molecule has 2 aromatic rings. The van der Waals surface area contributed by atoms with Gasteiger partial charge in [0.15, 0.2) is 11.0 Å². The number of aliphatic carboxylic acids is 1. The second-order valence-corrected chi connectivity index (χ2v) is 5.06. The van der Waals surface area contributed by atoms with Crippen LogP contribution in [0.2, 0.25) is 0 Å². The minimum Gasteiger partial charge on any atom is -0.497 e. The zero-order valence-corrected chi connectivity index (χ0v) is 12.7. The molecule has 0 fully saturated rings. The quantitative estimate of drug-likeness (QED) is 0.812. The summed E-state index contributed by atoms with van der Waals surface area (Å²) in [5.74, 6) is 0.929. The molecule has 0 aliphatic heterocycles. The maximum absolute atomic E-state index is 10.6. The third-order valence-electron chi connectivity index (χ3n) is 2.81. The highest BCUT2D eigenvalue weighted by atomic mass is 32.2. The Morgan fingerprint density at radius 2 is 2.10 bits per heavy atom. The largest absolute Gasteiger partial charge is 0.497 e. The number of thioether (sulfide) groups is 1. The maximum atomic E-state index is 10.6. The van der Waals surface area contributed by atoms with E-state index in [-0.39, 0.29) is 5.75 Å². The number of carboxylic acids is 1. The van der Waals surface area contributed by atoms with Gasteiger partial charge in [-0.15, -0.1) is 10.2 Å². The zero-order chi connectivity index (χ0) is 15.4. The number of methoxy groups -OCH3 is 2. The van der Waals surface area contributed by atoms with Gasteiger partial charge in [-0.1, -0.05) is 11.8 Å².